The first-order valence-corrected chi connectivity index (χ1v) is 4.83. The zero-order chi connectivity index (χ0) is 10.8. The molecule has 15 heavy (non-hydrogen) atoms. The second kappa shape index (κ2) is 4.00. The van der Waals surface area contributed by atoms with Gasteiger partial charge in [-0.3, -0.25) is 5.10 Å². The number of aromatic amines is 1. The highest BCUT2D eigenvalue weighted by Gasteiger charge is 2.04. The van der Waals surface area contributed by atoms with Crippen LogP contribution in [0.4, 0.5) is 11.4 Å². The molecule has 2 rings (SSSR count). The molecular weight excluding hydrogens is 239 g/mol. The summed E-state index contributed by atoms with van der Waals surface area (Å²) in [6, 6.07) is 0. The van der Waals surface area contributed by atoms with Crippen LogP contribution in [0.25, 0.3) is 0 Å². The fraction of sp³-hybridized carbons (Fsp3) is 0.143. The maximum atomic E-state index is 5.78. The van der Waals surface area contributed by atoms with Crippen LogP contribution in [0.2, 0.25) is 10.3 Å². The van der Waals surface area contributed by atoms with Crippen LogP contribution >= 0.6 is 23.2 Å². The Morgan fingerprint density at radius 1 is 1.53 bits per heavy atom. The minimum atomic E-state index is 0.287. The number of nitrogens with one attached hydrogen (secondary N) is 2. The number of H-pyrrole nitrogens is 1. The maximum absolute atomic E-state index is 5.78. The van der Waals surface area contributed by atoms with Crippen molar-refractivity contribution in [2.45, 2.75) is 6.67 Å². The third kappa shape index (κ3) is 2.16. The van der Waals surface area contributed by atoms with Crippen molar-refractivity contribution in [2.24, 2.45) is 0 Å². The molecule has 0 radical (unpaired) electrons. The quantitative estimate of drug-likeness (QED) is 0.768. The molecule has 80 valence electrons. The van der Waals surface area contributed by atoms with Crippen molar-refractivity contribution in [3.8, 4) is 0 Å². The lowest BCUT2D eigenvalue weighted by Gasteiger charge is -2.03. The summed E-state index contributed by atoms with van der Waals surface area (Å²) in [6.07, 6.45) is 3.21. The fourth-order valence-electron chi connectivity index (χ4n) is 1.05. The Hall–Kier alpha value is -1.40. The summed E-state index contributed by atoms with van der Waals surface area (Å²) >= 11 is 11.5. The number of hydrogen-bond acceptors (Lipinski definition) is 4. The second-order valence-corrected chi connectivity index (χ2v) is 3.58. The van der Waals surface area contributed by atoms with Gasteiger partial charge in [0.15, 0.2) is 5.15 Å². The van der Waals surface area contributed by atoms with Crippen LogP contribution in [-0.2, 0) is 6.67 Å². The highest BCUT2D eigenvalue weighted by molar-refractivity contribution is 6.32. The van der Waals surface area contributed by atoms with Gasteiger partial charge in [-0.1, -0.05) is 23.2 Å². The average molecular weight is 247 g/mol. The fourth-order valence-corrected chi connectivity index (χ4v) is 1.36. The van der Waals surface area contributed by atoms with Gasteiger partial charge in [-0.05, 0) is 0 Å². The summed E-state index contributed by atoms with van der Waals surface area (Å²) < 4.78 is 1.57. The number of nitrogens with zero attached hydrogens (tertiary/aromatic N) is 3. The molecule has 8 heteroatoms. The van der Waals surface area contributed by atoms with Gasteiger partial charge in [0.2, 0.25) is 0 Å². The van der Waals surface area contributed by atoms with Gasteiger partial charge < -0.3 is 11.1 Å². The number of rotatable bonds is 3. The van der Waals surface area contributed by atoms with E-state index < -0.39 is 0 Å². The molecule has 0 aliphatic rings. The van der Waals surface area contributed by atoms with E-state index >= 15 is 0 Å². The maximum Gasteiger partial charge on any atom is 0.174 e. The van der Waals surface area contributed by atoms with E-state index in [9.17, 15) is 0 Å². The number of halogens is 2. The largest absolute Gasteiger partial charge is 0.395 e. The van der Waals surface area contributed by atoms with Crippen LogP contribution in [0, 0.1) is 0 Å². The highest BCUT2D eigenvalue weighted by Crippen LogP contribution is 2.18. The van der Waals surface area contributed by atoms with Crippen molar-refractivity contribution in [1.29, 1.82) is 0 Å². The van der Waals surface area contributed by atoms with Gasteiger partial charge >= 0.3 is 0 Å². The Balaban J connectivity index is 2.02. The topological polar surface area (TPSA) is 84.5 Å². The first kappa shape index (κ1) is 10.1. The molecule has 0 bridgehead atoms. The van der Waals surface area contributed by atoms with Gasteiger partial charge in [0, 0.05) is 0 Å². The first-order chi connectivity index (χ1) is 7.16. The van der Waals surface area contributed by atoms with Gasteiger partial charge in [0.25, 0.3) is 0 Å². The zero-order valence-electron chi connectivity index (χ0n) is 7.54. The normalized spacial score (nSPS) is 10.5. The molecule has 6 nitrogen and oxygen atoms in total. The number of aromatic nitrogens is 4. The number of nitrogen functional groups attached to an aromatic ring is 1. The predicted molar refractivity (Wildman–Crippen MR) is 58.9 cm³/mol. The molecule has 0 aliphatic carbocycles. The van der Waals surface area contributed by atoms with Crippen molar-refractivity contribution in [3.05, 3.63) is 22.7 Å². The number of nitrogens with two attached hydrogens (primary N) is 1. The minimum absolute atomic E-state index is 0.287. The van der Waals surface area contributed by atoms with Crippen LogP contribution in [0.3, 0.4) is 0 Å². The Morgan fingerprint density at radius 2 is 2.33 bits per heavy atom. The molecule has 0 amide bonds. The zero-order valence-corrected chi connectivity index (χ0v) is 9.05. The smallest absolute Gasteiger partial charge is 0.174 e. The molecule has 0 saturated carbocycles. The lowest BCUT2D eigenvalue weighted by molar-refractivity contribution is 0.671. The monoisotopic (exact) mass is 246 g/mol. The Kier molecular flexibility index (Phi) is 2.70. The van der Waals surface area contributed by atoms with Gasteiger partial charge in [0.05, 0.1) is 23.8 Å². The molecule has 0 spiro atoms. The van der Waals surface area contributed by atoms with E-state index in [4.69, 9.17) is 28.9 Å². The summed E-state index contributed by atoms with van der Waals surface area (Å²) in [6.45, 7) is 0.413. The SMILES string of the molecule is Nc1cn(CNc2cn[nH]c2Cl)nc1Cl. The van der Waals surface area contributed by atoms with Crippen LogP contribution in [0.1, 0.15) is 0 Å². The second-order valence-electron chi connectivity index (χ2n) is 2.85. The molecule has 4 N–H and O–H groups in total. The third-order valence-corrected chi connectivity index (χ3v) is 2.35. The molecule has 2 heterocycles. The van der Waals surface area contributed by atoms with Gasteiger partial charge in [0.1, 0.15) is 11.8 Å². The van der Waals surface area contributed by atoms with Crippen molar-refractivity contribution < 1.29 is 0 Å². The Morgan fingerprint density at radius 3 is 2.87 bits per heavy atom. The Bertz CT molecular complexity index is 442. The van der Waals surface area contributed by atoms with Gasteiger partial charge in [-0.2, -0.15) is 10.2 Å². The van der Waals surface area contributed by atoms with E-state index in [0.29, 0.717) is 23.2 Å². The van der Waals surface area contributed by atoms with Crippen LogP contribution < -0.4 is 11.1 Å². The first-order valence-electron chi connectivity index (χ1n) is 4.08. The molecular formula is C7H8Cl2N6. The van der Waals surface area contributed by atoms with E-state index in [1.807, 2.05) is 0 Å². The molecule has 0 atom stereocenters. The van der Waals surface area contributed by atoms with E-state index in [2.05, 4.69) is 20.6 Å². The molecule has 2 aromatic heterocycles. The van der Waals surface area contributed by atoms with Gasteiger partial charge in [-0.15, -0.1) is 0 Å². The molecule has 0 unspecified atom stereocenters. The van der Waals surface area contributed by atoms with Gasteiger partial charge in [-0.25, -0.2) is 4.68 Å². The highest BCUT2D eigenvalue weighted by atomic mass is 35.5. The molecule has 0 fully saturated rings. The van der Waals surface area contributed by atoms with Crippen molar-refractivity contribution >= 4 is 34.6 Å². The van der Waals surface area contributed by atoms with E-state index in [1.54, 1.807) is 17.1 Å². The number of hydrogen-bond donors (Lipinski definition) is 3. The average Bonchev–Trinajstić information content (AvgIpc) is 2.72. The standard InChI is InChI=1S/C7H8Cl2N6/c8-6-4(10)2-15(14-6)3-11-5-1-12-13-7(5)9/h1-2,11H,3,10H2,(H,12,13). The van der Waals surface area contributed by atoms with E-state index in [0.717, 1.165) is 0 Å². The predicted octanol–water partition coefficient (Wildman–Crippen LogP) is 1.56. The third-order valence-electron chi connectivity index (χ3n) is 1.77. The number of anilines is 2. The Labute approximate surface area is 95.4 Å². The summed E-state index contributed by atoms with van der Waals surface area (Å²) in [5.41, 5.74) is 6.67. The van der Waals surface area contributed by atoms with Crippen molar-refractivity contribution in [2.75, 3.05) is 11.1 Å². The summed E-state index contributed by atoms with van der Waals surface area (Å²) in [4.78, 5) is 0. The minimum Gasteiger partial charge on any atom is -0.395 e. The van der Waals surface area contributed by atoms with Crippen molar-refractivity contribution in [1.82, 2.24) is 20.0 Å². The van der Waals surface area contributed by atoms with E-state index in [-0.39, 0.29) is 5.15 Å². The molecule has 0 aliphatic heterocycles. The summed E-state index contributed by atoms with van der Waals surface area (Å²) in [5, 5.41) is 14.1. The van der Waals surface area contributed by atoms with Crippen LogP contribution in [-0.4, -0.2) is 20.0 Å². The van der Waals surface area contributed by atoms with Crippen molar-refractivity contribution in [3.63, 3.8) is 0 Å². The molecule has 0 saturated heterocycles. The summed E-state index contributed by atoms with van der Waals surface area (Å²) in [7, 11) is 0. The van der Waals surface area contributed by atoms with Crippen LogP contribution in [0.15, 0.2) is 12.4 Å². The lowest BCUT2D eigenvalue weighted by atomic mass is 10.6. The van der Waals surface area contributed by atoms with Crippen LogP contribution in [0.5, 0.6) is 0 Å². The molecule has 2 aromatic rings. The molecule has 0 aromatic carbocycles. The lowest BCUT2D eigenvalue weighted by Crippen LogP contribution is -2.08. The van der Waals surface area contributed by atoms with E-state index in [1.165, 1.54) is 0 Å². The summed E-state index contributed by atoms with van der Waals surface area (Å²) in [5.74, 6) is 0.